The molecule has 2 N–H and O–H groups in total. The molecule has 0 saturated heterocycles. The Bertz CT molecular complexity index is 668. The van der Waals surface area contributed by atoms with Crippen molar-refractivity contribution in [2.24, 2.45) is 7.05 Å². The maximum atomic E-state index is 11.9. The molecule has 0 bridgehead atoms. The Labute approximate surface area is 126 Å². The molecule has 1 aromatic heterocycles. The number of halogens is 2. The molecule has 0 aliphatic carbocycles. The van der Waals surface area contributed by atoms with Crippen molar-refractivity contribution in [2.75, 3.05) is 5.73 Å². The lowest BCUT2D eigenvalue weighted by atomic mass is 10.2. The van der Waals surface area contributed by atoms with Crippen LogP contribution in [0, 0.1) is 6.92 Å². The van der Waals surface area contributed by atoms with Gasteiger partial charge in [-0.05, 0) is 25.1 Å². The number of nitrogen functional groups attached to an aromatic ring is 1. The van der Waals surface area contributed by atoms with Crippen LogP contribution in [0.1, 0.15) is 21.6 Å². The van der Waals surface area contributed by atoms with Gasteiger partial charge in [0, 0.05) is 12.6 Å². The van der Waals surface area contributed by atoms with Crippen molar-refractivity contribution in [3.05, 3.63) is 45.2 Å². The molecule has 0 amide bonds. The Balaban J connectivity index is 2.10. The summed E-state index contributed by atoms with van der Waals surface area (Å²) in [6.07, 6.45) is 0. The average Bonchev–Trinajstić information content (AvgIpc) is 2.64. The number of carbonyl (C=O) groups is 1. The average molecular weight is 314 g/mol. The zero-order valence-electron chi connectivity index (χ0n) is 11.0. The zero-order chi connectivity index (χ0) is 14.9. The van der Waals surface area contributed by atoms with E-state index in [2.05, 4.69) is 5.10 Å². The highest BCUT2D eigenvalue weighted by Gasteiger charge is 2.15. The van der Waals surface area contributed by atoms with Gasteiger partial charge in [0.25, 0.3) is 0 Å². The van der Waals surface area contributed by atoms with E-state index in [0.717, 1.165) is 5.69 Å². The predicted molar refractivity (Wildman–Crippen MR) is 77.9 cm³/mol. The Kier molecular flexibility index (Phi) is 4.20. The number of hydrogen-bond donors (Lipinski definition) is 1. The number of nitrogens with two attached hydrogens (primary N) is 1. The number of rotatable bonds is 3. The third-order valence-corrected chi connectivity index (χ3v) is 3.65. The van der Waals surface area contributed by atoms with Crippen molar-refractivity contribution in [1.82, 2.24) is 9.78 Å². The number of anilines is 1. The predicted octanol–water partition coefficient (Wildman–Crippen LogP) is 2.97. The number of aryl methyl sites for hydroxylation is 2. The van der Waals surface area contributed by atoms with Gasteiger partial charge in [-0.2, -0.15) is 5.10 Å². The van der Waals surface area contributed by atoms with Crippen molar-refractivity contribution in [3.8, 4) is 0 Å². The summed E-state index contributed by atoms with van der Waals surface area (Å²) in [6.45, 7) is 1.86. The smallest absolute Gasteiger partial charge is 0.338 e. The second-order valence-electron chi connectivity index (χ2n) is 4.29. The van der Waals surface area contributed by atoms with Crippen LogP contribution in [0.5, 0.6) is 0 Å². The third kappa shape index (κ3) is 2.89. The normalized spacial score (nSPS) is 10.6. The molecule has 1 heterocycles. The Hall–Kier alpha value is -1.72. The quantitative estimate of drug-likeness (QED) is 0.698. The van der Waals surface area contributed by atoms with E-state index in [1.54, 1.807) is 26.1 Å². The van der Waals surface area contributed by atoms with Crippen LogP contribution in [0.15, 0.2) is 18.2 Å². The van der Waals surface area contributed by atoms with Crippen molar-refractivity contribution in [3.63, 3.8) is 0 Å². The molecule has 7 heteroatoms. The molecule has 0 saturated carbocycles. The molecule has 0 unspecified atom stereocenters. The number of nitrogens with zero attached hydrogens (tertiary/aromatic N) is 2. The van der Waals surface area contributed by atoms with Gasteiger partial charge in [0.05, 0.1) is 22.0 Å². The lowest BCUT2D eigenvalue weighted by Gasteiger charge is -2.06. The SMILES string of the molecule is Cc1nn(C)c(Cl)c1COC(=O)c1ccc(N)c(Cl)c1. The molecule has 106 valence electrons. The van der Waals surface area contributed by atoms with Crippen LogP contribution in [0.3, 0.4) is 0 Å². The summed E-state index contributed by atoms with van der Waals surface area (Å²) in [5.41, 5.74) is 7.74. The molecule has 0 spiro atoms. The topological polar surface area (TPSA) is 70.1 Å². The summed E-state index contributed by atoms with van der Waals surface area (Å²) in [6, 6.07) is 4.58. The Morgan fingerprint density at radius 3 is 2.70 bits per heavy atom. The van der Waals surface area contributed by atoms with Gasteiger partial charge in [-0.15, -0.1) is 0 Å². The van der Waals surface area contributed by atoms with Crippen LogP contribution in [-0.2, 0) is 18.4 Å². The van der Waals surface area contributed by atoms with E-state index in [9.17, 15) is 4.79 Å². The second kappa shape index (κ2) is 5.73. The summed E-state index contributed by atoms with van der Waals surface area (Å²) in [5.74, 6) is -0.494. The number of aromatic nitrogens is 2. The zero-order valence-corrected chi connectivity index (χ0v) is 12.5. The summed E-state index contributed by atoms with van der Waals surface area (Å²) in [7, 11) is 1.72. The first-order valence-corrected chi connectivity index (χ1v) is 6.56. The molecule has 1 aromatic carbocycles. The maximum absolute atomic E-state index is 11.9. The van der Waals surface area contributed by atoms with E-state index in [1.165, 1.54) is 10.7 Å². The molecule has 2 aromatic rings. The lowest BCUT2D eigenvalue weighted by molar-refractivity contribution is 0.0472. The summed E-state index contributed by atoms with van der Waals surface area (Å²) < 4.78 is 6.74. The molecular formula is C13H13Cl2N3O2. The van der Waals surface area contributed by atoms with Gasteiger partial charge < -0.3 is 10.5 Å². The number of esters is 1. The maximum Gasteiger partial charge on any atom is 0.338 e. The van der Waals surface area contributed by atoms with Crippen molar-refractivity contribution in [2.45, 2.75) is 13.5 Å². The van der Waals surface area contributed by atoms with Crippen molar-refractivity contribution in [1.29, 1.82) is 0 Å². The van der Waals surface area contributed by atoms with Crippen molar-refractivity contribution < 1.29 is 9.53 Å². The molecule has 0 aliphatic heterocycles. The number of benzene rings is 1. The van der Waals surface area contributed by atoms with Crippen LogP contribution < -0.4 is 5.73 Å². The minimum atomic E-state index is -0.494. The van der Waals surface area contributed by atoms with E-state index >= 15 is 0 Å². The first kappa shape index (κ1) is 14.7. The van der Waals surface area contributed by atoms with E-state index in [-0.39, 0.29) is 6.61 Å². The number of hydrogen-bond acceptors (Lipinski definition) is 4. The third-order valence-electron chi connectivity index (χ3n) is 2.85. The van der Waals surface area contributed by atoms with Crippen LogP contribution >= 0.6 is 23.2 Å². The van der Waals surface area contributed by atoms with E-state index in [1.807, 2.05) is 0 Å². The van der Waals surface area contributed by atoms with E-state index in [4.69, 9.17) is 33.7 Å². The summed E-state index contributed by atoms with van der Waals surface area (Å²) in [4.78, 5) is 11.9. The first-order valence-electron chi connectivity index (χ1n) is 5.80. The monoisotopic (exact) mass is 313 g/mol. The number of ether oxygens (including phenoxy) is 1. The minimum absolute atomic E-state index is 0.0549. The fraction of sp³-hybridized carbons (Fsp3) is 0.231. The molecule has 0 fully saturated rings. The Morgan fingerprint density at radius 1 is 1.45 bits per heavy atom. The van der Waals surface area contributed by atoms with Gasteiger partial charge in [-0.1, -0.05) is 23.2 Å². The van der Waals surface area contributed by atoms with Crippen molar-refractivity contribution >= 4 is 34.9 Å². The standard InChI is InChI=1S/C13H13Cl2N3O2/c1-7-9(12(15)18(2)17-7)6-20-13(19)8-3-4-11(16)10(14)5-8/h3-5H,6,16H2,1-2H3. The molecule has 5 nitrogen and oxygen atoms in total. The van der Waals surface area contributed by atoms with Gasteiger partial charge >= 0.3 is 5.97 Å². The first-order chi connectivity index (χ1) is 9.40. The highest BCUT2D eigenvalue weighted by molar-refractivity contribution is 6.33. The summed E-state index contributed by atoms with van der Waals surface area (Å²) >= 11 is 11.9. The van der Waals surface area contributed by atoms with Crippen LogP contribution in [-0.4, -0.2) is 15.7 Å². The van der Waals surface area contributed by atoms with Gasteiger partial charge in [-0.25, -0.2) is 4.79 Å². The molecular weight excluding hydrogens is 301 g/mol. The fourth-order valence-electron chi connectivity index (χ4n) is 1.71. The van der Waals surface area contributed by atoms with Gasteiger partial charge in [-0.3, -0.25) is 4.68 Å². The summed E-state index contributed by atoms with van der Waals surface area (Å²) in [5, 5.41) is 4.91. The lowest BCUT2D eigenvalue weighted by Crippen LogP contribution is -2.06. The Morgan fingerprint density at radius 2 is 2.15 bits per heavy atom. The molecule has 0 atom stereocenters. The minimum Gasteiger partial charge on any atom is -0.457 e. The van der Waals surface area contributed by atoms with E-state index in [0.29, 0.717) is 27.0 Å². The fourth-order valence-corrected chi connectivity index (χ4v) is 2.12. The van der Waals surface area contributed by atoms with E-state index < -0.39 is 5.97 Å². The van der Waals surface area contributed by atoms with Crippen LogP contribution in [0.25, 0.3) is 0 Å². The molecule has 20 heavy (non-hydrogen) atoms. The van der Waals surface area contributed by atoms with Crippen LogP contribution in [0.2, 0.25) is 10.2 Å². The highest BCUT2D eigenvalue weighted by atomic mass is 35.5. The number of carbonyl (C=O) groups excluding carboxylic acids is 1. The largest absolute Gasteiger partial charge is 0.457 e. The highest BCUT2D eigenvalue weighted by Crippen LogP contribution is 2.22. The molecule has 2 rings (SSSR count). The van der Waals surface area contributed by atoms with Crippen LogP contribution in [0.4, 0.5) is 5.69 Å². The van der Waals surface area contributed by atoms with Gasteiger partial charge in [0.1, 0.15) is 11.8 Å². The second-order valence-corrected chi connectivity index (χ2v) is 5.06. The molecule has 0 aliphatic rings. The molecule has 0 radical (unpaired) electrons. The van der Waals surface area contributed by atoms with Gasteiger partial charge in [0.15, 0.2) is 0 Å². The van der Waals surface area contributed by atoms with Gasteiger partial charge in [0.2, 0.25) is 0 Å².